The van der Waals surface area contributed by atoms with Crippen LogP contribution < -0.4 is 5.32 Å². The van der Waals surface area contributed by atoms with E-state index in [1.807, 2.05) is 0 Å². The van der Waals surface area contributed by atoms with E-state index in [2.05, 4.69) is 10.3 Å². The lowest BCUT2D eigenvalue weighted by Gasteiger charge is -2.16. The molecule has 0 aliphatic carbocycles. The van der Waals surface area contributed by atoms with Crippen LogP contribution in [0.15, 0.2) is 58.1 Å². The molecule has 3 aromatic rings. The van der Waals surface area contributed by atoms with Crippen LogP contribution in [0, 0.1) is 0 Å². The van der Waals surface area contributed by atoms with E-state index in [0.717, 1.165) is 9.69 Å². The Morgan fingerprint density at radius 1 is 1.24 bits per heavy atom. The number of rotatable bonds is 5. The Balaban J connectivity index is 1.41. The van der Waals surface area contributed by atoms with Crippen molar-refractivity contribution in [2.24, 2.45) is 0 Å². The number of hydrogen-bond acceptors (Lipinski definition) is 5. The molecule has 2 aromatic heterocycles. The topological polar surface area (TPSA) is 92.5 Å². The second-order valence-corrected chi connectivity index (χ2v) is 8.73. The average Bonchev–Trinajstić information content (AvgIpc) is 3.29. The van der Waals surface area contributed by atoms with E-state index in [1.165, 1.54) is 30.5 Å². The monoisotopic (exact) mass is 421 g/mol. The first-order valence-corrected chi connectivity index (χ1v) is 10.3. The fourth-order valence-corrected chi connectivity index (χ4v) is 4.57. The van der Waals surface area contributed by atoms with E-state index >= 15 is 0 Å². The summed E-state index contributed by atoms with van der Waals surface area (Å²) in [6, 6.07) is 9.09. The fourth-order valence-electron chi connectivity index (χ4n) is 3.10. The standard InChI is InChI=1S/C19H17F2N3O4S/c20-19(21)6-8-24(12-19)29(26,27)15-3-1-13(2-4-15)10-23-18(25)16-9-14-5-7-22-11-17(14)28-16/h1-5,7,9,11H,6,8,10,12H2,(H,23,25). The molecule has 1 fully saturated rings. The first-order chi connectivity index (χ1) is 13.7. The average molecular weight is 421 g/mol. The van der Waals surface area contributed by atoms with E-state index in [0.29, 0.717) is 11.1 Å². The number of carbonyl (C=O) groups is 1. The molecule has 29 heavy (non-hydrogen) atoms. The molecule has 1 N–H and O–H groups in total. The van der Waals surface area contributed by atoms with Gasteiger partial charge in [0.1, 0.15) is 0 Å². The molecule has 1 aliphatic rings. The first-order valence-electron chi connectivity index (χ1n) is 8.83. The highest BCUT2D eigenvalue weighted by molar-refractivity contribution is 7.89. The molecule has 1 aromatic carbocycles. The lowest BCUT2D eigenvalue weighted by atomic mass is 10.2. The van der Waals surface area contributed by atoms with Gasteiger partial charge in [-0.05, 0) is 29.8 Å². The molecule has 1 saturated heterocycles. The van der Waals surface area contributed by atoms with E-state index < -0.39 is 34.8 Å². The van der Waals surface area contributed by atoms with Crippen LogP contribution in [0.25, 0.3) is 11.0 Å². The molecule has 1 aliphatic heterocycles. The van der Waals surface area contributed by atoms with Gasteiger partial charge in [0.15, 0.2) is 11.3 Å². The summed E-state index contributed by atoms with van der Waals surface area (Å²) in [5.41, 5.74) is 1.15. The largest absolute Gasteiger partial charge is 0.449 e. The molecule has 0 spiro atoms. The lowest BCUT2D eigenvalue weighted by molar-refractivity contribution is 0.0183. The summed E-state index contributed by atoms with van der Waals surface area (Å²) in [7, 11) is -3.97. The van der Waals surface area contributed by atoms with Crippen LogP contribution in [0.3, 0.4) is 0 Å². The van der Waals surface area contributed by atoms with Gasteiger partial charge in [-0.15, -0.1) is 0 Å². The minimum atomic E-state index is -3.97. The molecule has 0 bridgehead atoms. The Morgan fingerprint density at radius 3 is 2.66 bits per heavy atom. The van der Waals surface area contributed by atoms with E-state index in [4.69, 9.17) is 4.42 Å². The number of alkyl halides is 2. The third-order valence-electron chi connectivity index (χ3n) is 4.70. The maximum Gasteiger partial charge on any atom is 0.287 e. The number of pyridine rings is 1. The van der Waals surface area contributed by atoms with Crippen molar-refractivity contribution in [2.45, 2.75) is 23.8 Å². The second kappa shape index (κ2) is 7.20. The van der Waals surface area contributed by atoms with Gasteiger partial charge in [0, 0.05) is 31.1 Å². The summed E-state index contributed by atoms with van der Waals surface area (Å²) >= 11 is 0. The van der Waals surface area contributed by atoms with Crippen molar-refractivity contribution in [1.82, 2.24) is 14.6 Å². The summed E-state index contributed by atoms with van der Waals surface area (Å²) in [6.45, 7) is -0.865. The van der Waals surface area contributed by atoms with Crippen LogP contribution in [-0.4, -0.2) is 42.6 Å². The Bertz CT molecular complexity index is 1130. The van der Waals surface area contributed by atoms with Gasteiger partial charge >= 0.3 is 0 Å². The predicted octanol–water partition coefficient (Wildman–Crippen LogP) is 2.79. The number of aromatic nitrogens is 1. The normalized spacial score (nSPS) is 16.9. The number of halogens is 2. The van der Waals surface area contributed by atoms with Crippen molar-refractivity contribution >= 4 is 26.9 Å². The quantitative estimate of drug-likeness (QED) is 0.684. The lowest BCUT2D eigenvalue weighted by Crippen LogP contribution is -2.31. The van der Waals surface area contributed by atoms with Gasteiger partial charge in [-0.2, -0.15) is 4.31 Å². The van der Waals surface area contributed by atoms with E-state index in [1.54, 1.807) is 18.3 Å². The zero-order chi connectivity index (χ0) is 20.6. The molecule has 0 atom stereocenters. The number of furan rings is 1. The first kappa shape index (κ1) is 19.5. The van der Waals surface area contributed by atoms with Gasteiger partial charge in [0.05, 0.1) is 17.6 Å². The Morgan fingerprint density at radius 2 is 2.00 bits per heavy atom. The maximum absolute atomic E-state index is 13.3. The summed E-state index contributed by atoms with van der Waals surface area (Å²) in [5.74, 6) is -3.27. The van der Waals surface area contributed by atoms with Crippen molar-refractivity contribution in [1.29, 1.82) is 0 Å². The van der Waals surface area contributed by atoms with Crippen LogP contribution in [0.2, 0.25) is 0 Å². The molecular weight excluding hydrogens is 404 g/mol. The fraction of sp³-hybridized carbons (Fsp3) is 0.263. The number of benzene rings is 1. The number of sulfonamides is 1. The smallest absolute Gasteiger partial charge is 0.287 e. The SMILES string of the molecule is O=C(NCc1ccc(S(=O)(=O)N2CCC(F)(F)C2)cc1)c1cc2ccncc2o1. The molecule has 0 saturated carbocycles. The third kappa shape index (κ3) is 3.99. The van der Waals surface area contributed by atoms with Crippen LogP contribution in [-0.2, 0) is 16.6 Å². The molecule has 7 nitrogen and oxygen atoms in total. The van der Waals surface area contributed by atoms with Crippen LogP contribution in [0.5, 0.6) is 0 Å². The van der Waals surface area contributed by atoms with Gasteiger partial charge in [0.25, 0.3) is 11.8 Å². The highest BCUT2D eigenvalue weighted by Crippen LogP contribution is 2.31. The van der Waals surface area contributed by atoms with Crippen LogP contribution in [0.1, 0.15) is 22.5 Å². The molecule has 0 unspecified atom stereocenters. The molecule has 4 rings (SSSR count). The minimum Gasteiger partial charge on any atom is -0.449 e. The summed E-state index contributed by atoms with van der Waals surface area (Å²) in [6.07, 6.45) is 2.63. The van der Waals surface area contributed by atoms with Gasteiger partial charge in [-0.25, -0.2) is 17.2 Å². The molecule has 152 valence electrons. The van der Waals surface area contributed by atoms with Gasteiger partial charge in [-0.1, -0.05) is 12.1 Å². The molecule has 1 amide bonds. The molecule has 10 heteroatoms. The van der Waals surface area contributed by atoms with Gasteiger partial charge < -0.3 is 9.73 Å². The zero-order valence-corrected chi connectivity index (χ0v) is 16.0. The van der Waals surface area contributed by atoms with Crippen LogP contribution >= 0.6 is 0 Å². The Hall–Kier alpha value is -2.85. The number of hydrogen-bond donors (Lipinski definition) is 1. The molecular formula is C19H17F2N3O4S. The van der Waals surface area contributed by atoms with Crippen molar-refractivity contribution in [3.8, 4) is 0 Å². The van der Waals surface area contributed by atoms with E-state index in [-0.39, 0.29) is 23.7 Å². The maximum atomic E-state index is 13.3. The Kier molecular flexibility index (Phi) is 4.83. The Labute approximate surface area is 165 Å². The van der Waals surface area contributed by atoms with Crippen molar-refractivity contribution in [3.63, 3.8) is 0 Å². The summed E-state index contributed by atoms with van der Waals surface area (Å²) < 4.78 is 57.8. The summed E-state index contributed by atoms with van der Waals surface area (Å²) in [5, 5.41) is 3.44. The number of nitrogens with one attached hydrogen (secondary N) is 1. The van der Waals surface area contributed by atoms with Crippen molar-refractivity contribution < 1.29 is 26.4 Å². The van der Waals surface area contributed by atoms with Gasteiger partial charge in [-0.3, -0.25) is 9.78 Å². The highest BCUT2D eigenvalue weighted by atomic mass is 32.2. The van der Waals surface area contributed by atoms with Crippen LogP contribution in [0.4, 0.5) is 8.78 Å². The molecule has 3 heterocycles. The van der Waals surface area contributed by atoms with Crippen molar-refractivity contribution in [3.05, 3.63) is 60.1 Å². The molecule has 0 radical (unpaired) electrons. The number of amides is 1. The highest BCUT2D eigenvalue weighted by Gasteiger charge is 2.43. The van der Waals surface area contributed by atoms with Gasteiger partial charge in [0.2, 0.25) is 10.0 Å². The predicted molar refractivity (Wildman–Crippen MR) is 99.9 cm³/mol. The second-order valence-electron chi connectivity index (χ2n) is 6.80. The minimum absolute atomic E-state index is 0.0601. The number of nitrogens with zero attached hydrogens (tertiary/aromatic N) is 2. The number of carbonyl (C=O) groups excluding carboxylic acids is 1. The number of fused-ring (bicyclic) bond motifs is 1. The third-order valence-corrected chi connectivity index (χ3v) is 6.56. The van der Waals surface area contributed by atoms with E-state index in [9.17, 15) is 22.0 Å². The van der Waals surface area contributed by atoms with Crippen molar-refractivity contribution in [2.75, 3.05) is 13.1 Å². The zero-order valence-electron chi connectivity index (χ0n) is 15.1. The summed E-state index contributed by atoms with van der Waals surface area (Å²) in [4.78, 5) is 16.1.